The first-order chi connectivity index (χ1) is 13.5. The zero-order chi connectivity index (χ0) is 21.6. The van der Waals surface area contributed by atoms with Crippen LogP contribution in [-0.4, -0.2) is 63.3 Å². The molecule has 29 heavy (non-hydrogen) atoms. The molecule has 0 spiro atoms. The number of amides is 1. The minimum atomic E-state index is -4.50. The maximum Gasteiger partial charge on any atom is 0.416 e. The van der Waals surface area contributed by atoms with Gasteiger partial charge in [-0.2, -0.15) is 13.2 Å². The Hall–Kier alpha value is -3.44. The summed E-state index contributed by atoms with van der Waals surface area (Å²) in [6.45, 7) is 0. The maximum atomic E-state index is 12.7. The zero-order valence-electron chi connectivity index (χ0n) is 15.5. The molecule has 9 nitrogen and oxygen atoms in total. The number of hydrogen-bond donors (Lipinski definition) is 2. The van der Waals surface area contributed by atoms with Crippen LogP contribution in [0.5, 0.6) is 5.88 Å². The molecule has 0 saturated heterocycles. The number of nitrogens with one attached hydrogen (secondary N) is 1. The van der Waals surface area contributed by atoms with Crippen LogP contribution in [0.3, 0.4) is 0 Å². The third-order valence-corrected chi connectivity index (χ3v) is 3.58. The van der Waals surface area contributed by atoms with Crippen molar-refractivity contribution in [1.29, 1.82) is 0 Å². The molecule has 1 unspecified atom stereocenters. The summed E-state index contributed by atoms with van der Waals surface area (Å²) < 4.78 is 43.0. The normalized spacial score (nSPS) is 12.2. The molecule has 0 bridgehead atoms. The summed E-state index contributed by atoms with van der Waals surface area (Å²) in [6, 6.07) is 1.61. The number of aromatic nitrogens is 3. The number of alkyl halides is 3. The first kappa shape index (κ1) is 21.9. The highest BCUT2D eigenvalue weighted by molar-refractivity contribution is 5.77. The molecule has 2 aromatic rings. The second kappa shape index (κ2) is 9.17. The van der Waals surface area contributed by atoms with Crippen molar-refractivity contribution in [1.82, 2.24) is 19.9 Å². The highest BCUT2D eigenvalue weighted by atomic mass is 19.4. The fourth-order valence-electron chi connectivity index (χ4n) is 2.21. The second-order valence-electron chi connectivity index (χ2n) is 6.19. The molecule has 12 heteroatoms. The molecule has 0 aliphatic rings. The van der Waals surface area contributed by atoms with Crippen LogP contribution < -0.4 is 10.1 Å². The Balaban J connectivity index is 2.12. The number of pyridine rings is 1. The number of halogens is 3. The van der Waals surface area contributed by atoms with E-state index in [0.29, 0.717) is 5.56 Å². The molecule has 0 radical (unpaired) electrons. The first-order valence-corrected chi connectivity index (χ1v) is 8.24. The van der Waals surface area contributed by atoms with Gasteiger partial charge in [-0.1, -0.05) is 6.07 Å². The minimum Gasteiger partial charge on any atom is -0.480 e. The average Bonchev–Trinajstić information content (AvgIpc) is 2.62. The largest absolute Gasteiger partial charge is 0.480 e. The smallest absolute Gasteiger partial charge is 0.416 e. The maximum absolute atomic E-state index is 12.7. The summed E-state index contributed by atoms with van der Waals surface area (Å²) in [4.78, 5) is 35.5. The first-order valence-electron chi connectivity index (χ1n) is 8.24. The Labute approximate surface area is 163 Å². The van der Waals surface area contributed by atoms with Crippen LogP contribution in [-0.2, 0) is 17.6 Å². The summed E-state index contributed by atoms with van der Waals surface area (Å²) in [7, 11) is 3.00. The third-order valence-electron chi connectivity index (χ3n) is 3.58. The van der Waals surface area contributed by atoms with Crippen LogP contribution in [0.2, 0.25) is 0 Å². The fourth-order valence-corrected chi connectivity index (χ4v) is 2.21. The topological polar surface area (TPSA) is 118 Å². The van der Waals surface area contributed by atoms with E-state index in [9.17, 15) is 27.9 Å². The number of rotatable bonds is 7. The zero-order valence-corrected chi connectivity index (χ0v) is 15.5. The molecule has 0 aliphatic heterocycles. The molecule has 0 fully saturated rings. The lowest BCUT2D eigenvalue weighted by molar-refractivity contribution is -0.137. The Morgan fingerprint density at radius 1 is 1.24 bits per heavy atom. The van der Waals surface area contributed by atoms with Gasteiger partial charge in [0.25, 0.3) is 0 Å². The van der Waals surface area contributed by atoms with Gasteiger partial charge in [-0.3, -0.25) is 0 Å². The summed E-state index contributed by atoms with van der Waals surface area (Å²) in [6.07, 6.45) is -3.20. The molecule has 2 N–H and O–H groups in total. The standard InChI is InChI=1S/C17H18F3N5O4/c1-25(2)16(28)29-13-4-3-10(7-22-13)5-12(15(26)27)24-14-11(6-17(18,19)20)8-21-9-23-14/h3-4,7-9,12H,5-6H2,1-2H3,(H,26,27)(H,21,23,24). The highest BCUT2D eigenvalue weighted by Crippen LogP contribution is 2.25. The summed E-state index contributed by atoms with van der Waals surface area (Å²) >= 11 is 0. The van der Waals surface area contributed by atoms with Crippen molar-refractivity contribution < 1.29 is 32.6 Å². The average molecular weight is 413 g/mol. The summed E-state index contributed by atoms with van der Waals surface area (Å²) in [5.41, 5.74) is 0.191. The van der Waals surface area contributed by atoms with E-state index in [4.69, 9.17) is 4.74 Å². The number of carboxylic acids is 1. The molecular formula is C17H18F3N5O4. The molecule has 2 rings (SSSR count). The van der Waals surface area contributed by atoms with Crippen LogP contribution in [0.1, 0.15) is 11.1 Å². The van der Waals surface area contributed by atoms with E-state index < -0.39 is 30.7 Å². The molecule has 0 aliphatic carbocycles. The number of carbonyl (C=O) groups is 2. The minimum absolute atomic E-state index is 0.0237. The lowest BCUT2D eigenvalue weighted by Gasteiger charge is -2.18. The van der Waals surface area contributed by atoms with E-state index in [1.54, 1.807) is 0 Å². The Morgan fingerprint density at radius 3 is 2.52 bits per heavy atom. The molecular weight excluding hydrogens is 395 g/mol. The van der Waals surface area contributed by atoms with Gasteiger partial charge in [0, 0.05) is 44.5 Å². The van der Waals surface area contributed by atoms with Gasteiger partial charge in [-0.25, -0.2) is 24.5 Å². The van der Waals surface area contributed by atoms with E-state index in [2.05, 4.69) is 20.3 Å². The van der Waals surface area contributed by atoms with Crippen LogP contribution in [0.15, 0.2) is 30.9 Å². The van der Waals surface area contributed by atoms with Gasteiger partial charge in [-0.15, -0.1) is 0 Å². The van der Waals surface area contributed by atoms with E-state index in [1.165, 1.54) is 37.3 Å². The van der Waals surface area contributed by atoms with Gasteiger partial charge in [0.1, 0.15) is 18.2 Å². The van der Waals surface area contributed by atoms with Crippen molar-refractivity contribution in [2.45, 2.75) is 25.1 Å². The predicted molar refractivity (Wildman–Crippen MR) is 94.5 cm³/mol. The number of anilines is 1. The molecule has 156 valence electrons. The van der Waals surface area contributed by atoms with Crippen molar-refractivity contribution in [2.75, 3.05) is 19.4 Å². The van der Waals surface area contributed by atoms with Crippen molar-refractivity contribution in [2.24, 2.45) is 0 Å². The van der Waals surface area contributed by atoms with Gasteiger partial charge in [-0.05, 0) is 5.56 Å². The highest BCUT2D eigenvalue weighted by Gasteiger charge is 2.30. The molecule has 0 saturated carbocycles. The number of aliphatic carboxylic acids is 1. The van der Waals surface area contributed by atoms with E-state index >= 15 is 0 Å². The number of nitrogens with zero attached hydrogens (tertiary/aromatic N) is 4. The summed E-state index contributed by atoms with van der Waals surface area (Å²) in [5, 5.41) is 11.9. The van der Waals surface area contributed by atoms with Crippen LogP contribution in [0, 0.1) is 0 Å². The summed E-state index contributed by atoms with van der Waals surface area (Å²) in [5.74, 6) is -1.48. The van der Waals surface area contributed by atoms with Crippen molar-refractivity contribution in [3.05, 3.63) is 42.0 Å². The van der Waals surface area contributed by atoms with Gasteiger partial charge in [0.05, 0.1) is 6.42 Å². The molecule has 1 atom stereocenters. The lowest BCUT2D eigenvalue weighted by atomic mass is 10.1. The van der Waals surface area contributed by atoms with Crippen LogP contribution in [0.25, 0.3) is 0 Å². The van der Waals surface area contributed by atoms with Gasteiger partial charge in [0.15, 0.2) is 0 Å². The molecule has 2 heterocycles. The third kappa shape index (κ3) is 6.90. The molecule has 2 aromatic heterocycles. The van der Waals surface area contributed by atoms with Gasteiger partial charge in [0.2, 0.25) is 5.88 Å². The van der Waals surface area contributed by atoms with E-state index in [1.807, 2.05) is 0 Å². The molecule has 1 amide bonds. The van der Waals surface area contributed by atoms with Crippen molar-refractivity contribution in [3.8, 4) is 5.88 Å². The van der Waals surface area contributed by atoms with Crippen LogP contribution in [0.4, 0.5) is 23.8 Å². The van der Waals surface area contributed by atoms with Gasteiger partial charge >= 0.3 is 18.2 Å². The Morgan fingerprint density at radius 2 is 1.97 bits per heavy atom. The number of carbonyl (C=O) groups excluding carboxylic acids is 1. The van der Waals surface area contributed by atoms with E-state index in [0.717, 1.165) is 12.5 Å². The SMILES string of the molecule is CN(C)C(=O)Oc1ccc(CC(Nc2ncncc2CC(F)(F)F)C(=O)O)cn1. The number of hydrogen-bond acceptors (Lipinski definition) is 7. The van der Waals surface area contributed by atoms with Crippen molar-refractivity contribution in [3.63, 3.8) is 0 Å². The van der Waals surface area contributed by atoms with Crippen molar-refractivity contribution >= 4 is 17.9 Å². The quantitative estimate of drug-likeness (QED) is 0.709. The van der Waals surface area contributed by atoms with E-state index in [-0.39, 0.29) is 23.7 Å². The fraction of sp³-hybridized carbons (Fsp3) is 0.353. The van der Waals surface area contributed by atoms with Gasteiger partial charge < -0.3 is 20.1 Å². The Bertz CT molecular complexity index is 859. The number of ether oxygens (including phenoxy) is 1. The predicted octanol–water partition coefficient (Wildman–Crippen LogP) is 2.14. The molecule has 0 aromatic carbocycles. The lowest BCUT2D eigenvalue weighted by Crippen LogP contribution is -2.32. The second-order valence-corrected chi connectivity index (χ2v) is 6.19. The van der Waals surface area contributed by atoms with Crippen LogP contribution >= 0.6 is 0 Å². The Kier molecular flexibility index (Phi) is 6.91. The number of carboxylic acid groups (broad SMARTS) is 1. The monoisotopic (exact) mass is 413 g/mol.